The third-order valence-corrected chi connectivity index (χ3v) is 6.42. The summed E-state index contributed by atoms with van der Waals surface area (Å²) in [6.07, 6.45) is -4.84. The predicted octanol–water partition coefficient (Wildman–Crippen LogP) is 3.28. The molecule has 0 unspecified atom stereocenters. The fourth-order valence-corrected chi connectivity index (χ4v) is 4.44. The van der Waals surface area contributed by atoms with E-state index in [0.29, 0.717) is 10.8 Å². The number of hydrogen-bond acceptors (Lipinski definition) is 14. The van der Waals surface area contributed by atoms with E-state index in [2.05, 4.69) is 26.0 Å². The van der Waals surface area contributed by atoms with Gasteiger partial charge in [-0.3, -0.25) is 24.0 Å². The largest absolute Gasteiger partial charge is 0.462 e. The summed E-state index contributed by atoms with van der Waals surface area (Å²) in [5, 5.41) is 8.02. The minimum atomic E-state index is -1.57. The SMILES string of the molecule is CC(=O)OC[C@@H](OC(C)=O)[C@@H](OC(C)=O)[C@H](OC(C)=O)[C@H](/C=N/N(C)c1nc(-c2ccc(Br)cc2)cs1)OC(C)=O. The maximum atomic E-state index is 12.1. The van der Waals surface area contributed by atoms with Gasteiger partial charge in [0.1, 0.15) is 6.61 Å². The van der Waals surface area contributed by atoms with E-state index in [0.717, 1.165) is 50.9 Å². The first-order valence-corrected chi connectivity index (χ1v) is 13.8. The number of aromatic nitrogens is 1. The quantitative estimate of drug-likeness (QED) is 0.134. The molecule has 0 aliphatic rings. The van der Waals surface area contributed by atoms with Crippen molar-refractivity contribution in [2.24, 2.45) is 5.10 Å². The lowest BCUT2D eigenvalue weighted by Crippen LogP contribution is -2.53. The van der Waals surface area contributed by atoms with Crippen LogP contribution in [0, 0.1) is 0 Å². The van der Waals surface area contributed by atoms with Gasteiger partial charge in [0, 0.05) is 57.1 Å². The average molecular weight is 657 g/mol. The summed E-state index contributed by atoms with van der Waals surface area (Å²) in [5.41, 5.74) is 1.59. The van der Waals surface area contributed by atoms with Crippen LogP contribution in [0.25, 0.3) is 11.3 Å². The molecule has 0 aliphatic carbocycles. The van der Waals surface area contributed by atoms with Gasteiger partial charge in [-0.05, 0) is 12.1 Å². The second kappa shape index (κ2) is 15.8. The highest BCUT2D eigenvalue weighted by molar-refractivity contribution is 9.10. The van der Waals surface area contributed by atoms with Gasteiger partial charge in [-0.2, -0.15) is 5.10 Å². The van der Waals surface area contributed by atoms with Crippen molar-refractivity contribution in [3.8, 4) is 11.3 Å². The van der Waals surface area contributed by atoms with Crippen molar-refractivity contribution in [3.05, 3.63) is 34.1 Å². The number of carbonyl (C=O) groups excluding carboxylic acids is 5. The van der Waals surface area contributed by atoms with Crippen molar-refractivity contribution in [3.63, 3.8) is 0 Å². The highest BCUT2D eigenvalue weighted by Gasteiger charge is 2.43. The Morgan fingerprint density at radius 2 is 1.44 bits per heavy atom. The van der Waals surface area contributed by atoms with Crippen molar-refractivity contribution >= 4 is 68.5 Å². The average Bonchev–Trinajstić information content (AvgIpc) is 3.36. The van der Waals surface area contributed by atoms with Crippen molar-refractivity contribution in [2.45, 2.75) is 59.0 Å². The number of carbonyl (C=O) groups is 5. The van der Waals surface area contributed by atoms with E-state index in [1.54, 1.807) is 7.05 Å². The van der Waals surface area contributed by atoms with Gasteiger partial charge in [-0.15, -0.1) is 11.3 Å². The highest BCUT2D eigenvalue weighted by Crippen LogP contribution is 2.28. The standard InChI is InChI=1S/C26H30BrN3O10S/c1-14(31)36-12-23(38-16(3)33)25(40-18(5)35)24(39-17(4)34)22(37-15(2)32)11-28-30(6)26-29-21(13-41-26)19-7-9-20(27)10-8-19/h7-11,13,22-25H,12H2,1-6H3/b28-11+/t22-,23+,24+,25+/m0/s1. The first-order chi connectivity index (χ1) is 19.3. The number of ether oxygens (including phenoxy) is 5. The summed E-state index contributed by atoms with van der Waals surface area (Å²) in [5.74, 6) is -3.97. The van der Waals surface area contributed by atoms with Gasteiger partial charge in [0.15, 0.2) is 24.4 Å². The van der Waals surface area contributed by atoms with Gasteiger partial charge in [-0.25, -0.2) is 9.99 Å². The van der Waals surface area contributed by atoms with E-state index < -0.39 is 60.9 Å². The summed E-state index contributed by atoms with van der Waals surface area (Å²) in [6.45, 7) is 4.93. The minimum absolute atomic E-state index is 0.481. The Morgan fingerprint density at radius 1 is 0.878 bits per heavy atom. The van der Waals surface area contributed by atoms with Crippen LogP contribution in [-0.4, -0.2) is 79.1 Å². The molecular formula is C26H30BrN3O10S. The van der Waals surface area contributed by atoms with Crippen LogP contribution in [0.2, 0.25) is 0 Å². The van der Waals surface area contributed by atoms with Crippen molar-refractivity contribution in [1.82, 2.24) is 4.98 Å². The second-order valence-electron chi connectivity index (χ2n) is 8.48. The lowest BCUT2D eigenvalue weighted by atomic mass is 10.0. The molecule has 0 fully saturated rings. The van der Waals surface area contributed by atoms with E-state index in [4.69, 9.17) is 23.7 Å². The summed E-state index contributed by atoms with van der Waals surface area (Å²) < 4.78 is 27.3. The second-order valence-corrected chi connectivity index (χ2v) is 10.2. The molecule has 0 saturated carbocycles. The molecule has 2 rings (SSSR count). The van der Waals surface area contributed by atoms with Crippen molar-refractivity contribution in [1.29, 1.82) is 0 Å². The minimum Gasteiger partial charge on any atom is -0.462 e. The molecule has 1 aromatic heterocycles. The number of nitrogens with zero attached hydrogens (tertiary/aromatic N) is 3. The third-order valence-electron chi connectivity index (χ3n) is 4.98. The van der Waals surface area contributed by atoms with Crippen LogP contribution in [0.15, 0.2) is 39.2 Å². The molecule has 0 bridgehead atoms. The number of hydrazone groups is 1. The zero-order valence-corrected chi connectivity index (χ0v) is 25.6. The lowest BCUT2D eigenvalue weighted by molar-refractivity contribution is -0.197. The van der Waals surface area contributed by atoms with E-state index in [1.807, 2.05) is 29.6 Å². The number of anilines is 1. The Kier molecular flexibility index (Phi) is 12.9. The molecule has 2 aromatic rings. The molecular weight excluding hydrogens is 626 g/mol. The van der Waals surface area contributed by atoms with Crippen LogP contribution < -0.4 is 5.01 Å². The topological polar surface area (TPSA) is 160 Å². The van der Waals surface area contributed by atoms with Gasteiger partial charge in [0.2, 0.25) is 5.13 Å². The molecule has 0 amide bonds. The predicted molar refractivity (Wildman–Crippen MR) is 151 cm³/mol. The third kappa shape index (κ3) is 11.3. The van der Waals surface area contributed by atoms with Crippen molar-refractivity contribution < 1.29 is 47.7 Å². The Hall–Kier alpha value is -3.85. The van der Waals surface area contributed by atoms with Gasteiger partial charge < -0.3 is 23.7 Å². The molecule has 1 heterocycles. The van der Waals surface area contributed by atoms with Gasteiger partial charge in [0.25, 0.3) is 0 Å². The van der Waals surface area contributed by atoms with Crippen LogP contribution in [-0.2, 0) is 47.7 Å². The Labute approximate surface area is 248 Å². The molecule has 0 saturated heterocycles. The summed E-state index contributed by atoms with van der Waals surface area (Å²) >= 11 is 4.69. The van der Waals surface area contributed by atoms with Gasteiger partial charge in [-0.1, -0.05) is 28.1 Å². The smallest absolute Gasteiger partial charge is 0.303 e. The first kappa shape index (κ1) is 33.4. The number of thiazole rings is 1. The van der Waals surface area contributed by atoms with Crippen LogP contribution in [0.3, 0.4) is 0 Å². The number of halogens is 1. The monoisotopic (exact) mass is 655 g/mol. The highest BCUT2D eigenvalue weighted by atomic mass is 79.9. The number of benzene rings is 1. The fourth-order valence-electron chi connectivity index (χ4n) is 3.42. The van der Waals surface area contributed by atoms with Gasteiger partial charge >= 0.3 is 29.8 Å². The summed E-state index contributed by atoms with van der Waals surface area (Å²) in [7, 11) is 1.60. The zero-order chi connectivity index (χ0) is 30.7. The Bertz CT molecular complexity index is 1270. The van der Waals surface area contributed by atoms with E-state index >= 15 is 0 Å². The Balaban J connectivity index is 2.46. The molecule has 4 atom stereocenters. The molecule has 13 nitrogen and oxygen atoms in total. The van der Waals surface area contributed by atoms with Crippen LogP contribution in [0.1, 0.15) is 34.6 Å². The van der Waals surface area contributed by atoms with E-state index in [9.17, 15) is 24.0 Å². The molecule has 41 heavy (non-hydrogen) atoms. The maximum absolute atomic E-state index is 12.1. The molecule has 1 aromatic carbocycles. The summed E-state index contributed by atoms with van der Waals surface area (Å²) in [4.78, 5) is 64.0. The van der Waals surface area contributed by atoms with Crippen LogP contribution >= 0.6 is 27.3 Å². The number of esters is 5. The fraction of sp³-hybridized carbons (Fsp3) is 0.423. The van der Waals surface area contributed by atoms with Crippen molar-refractivity contribution in [2.75, 3.05) is 18.7 Å². The van der Waals surface area contributed by atoms with Crippen LogP contribution in [0.4, 0.5) is 5.13 Å². The van der Waals surface area contributed by atoms with E-state index in [-0.39, 0.29) is 0 Å². The molecule has 0 aliphatic heterocycles. The number of rotatable bonds is 13. The molecule has 222 valence electrons. The lowest BCUT2D eigenvalue weighted by Gasteiger charge is -2.34. The molecule has 0 N–H and O–H groups in total. The molecule has 15 heteroatoms. The Morgan fingerprint density at radius 3 is 1.98 bits per heavy atom. The maximum Gasteiger partial charge on any atom is 0.303 e. The van der Waals surface area contributed by atoms with Crippen LogP contribution in [0.5, 0.6) is 0 Å². The van der Waals surface area contributed by atoms with Gasteiger partial charge in [0.05, 0.1) is 11.9 Å². The summed E-state index contributed by atoms with van der Waals surface area (Å²) in [6, 6.07) is 7.58. The van der Waals surface area contributed by atoms with E-state index in [1.165, 1.54) is 16.3 Å². The first-order valence-electron chi connectivity index (χ1n) is 12.1. The molecule has 0 radical (unpaired) electrons. The normalized spacial score (nSPS) is 13.8. The zero-order valence-electron chi connectivity index (χ0n) is 23.2. The number of hydrogen-bond donors (Lipinski definition) is 0. The molecule has 0 spiro atoms.